The average Bonchev–Trinajstić information content (AvgIpc) is 2.62. The molecule has 2 aromatic rings. The van der Waals surface area contributed by atoms with E-state index in [4.69, 9.17) is 11.6 Å². The van der Waals surface area contributed by atoms with Crippen molar-refractivity contribution in [2.75, 3.05) is 23.7 Å². The molecule has 3 nitrogen and oxygen atoms in total. The van der Waals surface area contributed by atoms with Crippen LogP contribution in [0.15, 0.2) is 53.5 Å². The molecule has 0 radical (unpaired) electrons. The van der Waals surface area contributed by atoms with Crippen LogP contribution in [0.25, 0.3) is 0 Å². The van der Waals surface area contributed by atoms with Gasteiger partial charge >= 0.3 is 0 Å². The van der Waals surface area contributed by atoms with Gasteiger partial charge in [-0.3, -0.25) is 9.79 Å². The molecule has 0 amide bonds. The maximum absolute atomic E-state index is 13.2. The van der Waals surface area contributed by atoms with E-state index < -0.39 is 0 Å². The first kappa shape index (κ1) is 17.0. The van der Waals surface area contributed by atoms with Gasteiger partial charge in [0.15, 0.2) is 11.0 Å². The van der Waals surface area contributed by atoms with Crippen molar-refractivity contribution in [2.24, 2.45) is 4.99 Å². The SMILES string of the molecule is O=C(CN(C1=NCCCS1)c1ccc(F)cc1)c1ccc(Cl)cc1. The molecule has 0 aliphatic carbocycles. The number of benzene rings is 2. The number of carbonyl (C=O) groups excluding carboxylic acids is 1. The van der Waals surface area contributed by atoms with Crippen molar-refractivity contribution in [1.82, 2.24) is 0 Å². The Hall–Kier alpha value is -1.85. The van der Waals surface area contributed by atoms with Crippen LogP contribution >= 0.6 is 23.4 Å². The summed E-state index contributed by atoms with van der Waals surface area (Å²) in [6, 6.07) is 12.9. The van der Waals surface area contributed by atoms with Gasteiger partial charge in [0, 0.05) is 28.6 Å². The fourth-order valence-electron chi connectivity index (χ4n) is 2.37. The molecule has 0 saturated carbocycles. The standard InChI is InChI=1S/C18H16ClFN2OS/c19-14-4-2-13(3-5-14)17(23)12-22(18-21-10-1-11-24-18)16-8-6-15(20)7-9-16/h2-9H,1,10-12H2. The Balaban J connectivity index is 1.86. The predicted molar refractivity (Wildman–Crippen MR) is 98.9 cm³/mol. The highest BCUT2D eigenvalue weighted by atomic mass is 35.5. The number of halogens is 2. The first-order chi connectivity index (χ1) is 11.6. The zero-order valence-corrected chi connectivity index (χ0v) is 14.5. The van der Waals surface area contributed by atoms with Crippen molar-refractivity contribution in [1.29, 1.82) is 0 Å². The number of nitrogens with zero attached hydrogens (tertiary/aromatic N) is 2. The molecule has 0 fully saturated rings. The van der Waals surface area contributed by atoms with E-state index in [1.165, 1.54) is 12.1 Å². The Morgan fingerprint density at radius 2 is 1.88 bits per heavy atom. The van der Waals surface area contributed by atoms with Gasteiger partial charge in [-0.15, -0.1) is 0 Å². The van der Waals surface area contributed by atoms with E-state index in [0.29, 0.717) is 10.6 Å². The van der Waals surface area contributed by atoms with Crippen LogP contribution in [0.4, 0.5) is 10.1 Å². The van der Waals surface area contributed by atoms with E-state index in [0.717, 1.165) is 29.6 Å². The molecule has 0 bridgehead atoms. The molecular formula is C18H16ClFN2OS. The van der Waals surface area contributed by atoms with Crippen molar-refractivity contribution in [3.05, 3.63) is 64.9 Å². The largest absolute Gasteiger partial charge is 0.313 e. The van der Waals surface area contributed by atoms with Gasteiger partial charge in [0.1, 0.15) is 5.82 Å². The lowest BCUT2D eigenvalue weighted by molar-refractivity contribution is 0.100. The third-order valence-corrected chi connectivity index (χ3v) is 4.97. The van der Waals surface area contributed by atoms with Crippen LogP contribution in [0.3, 0.4) is 0 Å². The summed E-state index contributed by atoms with van der Waals surface area (Å²) < 4.78 is 13.2. The Morgan fingerprint density at radius 1 is 1.17 bits per heavy atom. The van der Waals surface area contributed by atoms with Gasteiger partial charge in [0.2, 0.25) is 0 Å². The topological polar surface area (TPSA) is 32.7 Å². The highest BCUT2D eigenvalue weighted by Gasteiger charge is 2.20. The molecule has 124 valence electrons. The second-order valence-electron chi connectivity index (χ2n) is 5.36. The number of rotatable bonds is 4. The van der Waals surface area contributed by atoms with E-state index in [-0.39, 0.29) is 18.1 Å². The van der Waals surface area contributed by atoms with Crippen LogP contribution in [-0.2, 0) is 0 Å². The molecule has 1 aliphatic heterocycles. The summed E-state index contributed by atoms with van der Waals surface area (Å²) in [5.41, 5.74) is 1.35. The van der Waals surface area contributed by atoms with Gasteiger partial charge in [-0.1, -0.05) is 23.4 Å². The smallest absolute Gasteiger partial charge is 0.182 e. The lowest BCUT2D eigenvalue weighted by Gasteiger charge is -2.27. The number of Topliss-reactive ketones (excluding diaryl/α,β-unsaturated/α-hetero) is 1. The van der Waals surface area contributed by atoms with Gasteiger partial charge in [0.25, 0.3) is 0 Å². The lowest BCUT2D eigenvalue weighted by Crippen LogP contribution is -2.35. The summed E-state index contributed by atoms with van der Waals surface area (Å²) in [4.78, 5) is 19.0. The third kappa shape index (κ3) is 4.16. The minimum atomic E-state index is -0.305. The summed E-state index contributed by atoms with van der Waals surface area (Å²) in [7, 11) is 0. The van der Waals surface area contributed by atoms with Crippen LogP contribution in [0, 0.1) is 5.82 Å². The molecule has 3 rings (SSSR count). The van der Waals surface area contributed by atoms with Crippen LogP contribution < -0.4 is 4.90 Å². The van der Waals surface area contributed by atoms with E-state index in [1.54, 1.807) is 48.2 Å². The molecule has 1 aliphatic rings. The minimum absolute atomic E-state index is 0.0372. The molecule has 0 spiro atoms. The third-order valence-electron chi connectivity index (χ3n) is 3.62. The number of hydrogen-bond donors (Lipinski definition) is 0. The lowest BCUT2D eigenvalue weighted by atomic mass is 10.1. The van der Waals surface area contributed by atoms with E-state index >= 15 is 0 Å². The highest BCUT2D eigenvalue weighted by Crippen LogP contribution is 2.24. The number of ketones is 1. The Labute approximate surface area is 149 Å². The molecule has 1 heterocycles. The van der Waals surface area contributed by atoms with E-state index in [1.807, 2.05) is 4.90 Å². The fraction of sp³-hybridized carbons (Fsp3) is 0.222. The first-order valence-corrected chi connectivity index (χ1v) is 8.99. The molecule has 0 N–H and O–H groups in total. The Kier molecular flexibility index (Phi) is 5.53. The first-order valence-electron chi connectivity index (χ1n) is 7.62. The Morgan fingerprint density at radius 3 is 2.50 bits per heavy atom. The van der Waals surface area contributed by atoms with Gasteiger partial charge < -0.3 is 4.90 Å². The van der Waals surface area contributed by atoms with Crippen molar-refractivity contribution in [3.8, 4) is 0 Å². The maximum atomic E-state index is 13.2. The van der Waals surface area contributed by atoms with Gasteiger partial charge in [-0.2, -0.15) is 0 Å². The van der Waals surface area contributed by atoms with Crippen molar-refractivity contribution >= 4 is 40.0 Å². The molecule has 2 aromatic carbocycles. The molecule has 24 heavy (non-hydrogen) atoms. The molecule has 0 saturated heterocycles. The normalized spacial score (nSPS) is 14.2. The molecule has 0 atom stereocenters. The van der Waals surface area contributed by atoms with Crippen LogP contribution in [-0.4, -0.2) is 29.8 Å². The zero-order chi connectivity index (χ0) is 16.9. The minimum Gasteiger partial charge on any atom is -0.313 e. The summed E-state index contributed by atoms with van der Waals surface area (Å²) in [5.74, 6) is 0.622. The van der Waals surface area contributed by atoms with Crippen LogP contribution in [0.2, 0.25) is 5.02 Å². The van der Waals surface area contributed by atoms with Crippen LogP contribution in [0.5, 0.6) is 0 Å². The number of amidine groups is 1. The number of anilines is 1. The summed E-state index contributed by atoms with van der Waals surface area (Å²) in [6.07, 6.45) is 1.02. The fourth-order valence-corrected chi connectivity index (χ4v) is 3.46. The zero-order valence-electron chi connectivity index (χ0n) is 12.9. The van der Waals surface area contributed by atoms with Gasteiger partial charge in [0.05, 0.1) is 6.54 Å². The number of thioether (sulfide) groups is 1. The Bertz CT molecular complexity index is 747. The van der Waals surface area contributed by atoms with Crippen LogP contribution in [0.1, 0.15) is 16.8 Å². The maximum Gasteiger partial charge on any atom is 0.182 e. The van der Waals surface area contributed by atoms with Crippen molar-refractivity contribution < 1.29 is 9.18 Å². The van der Waals surface area contributed by atoms with Crippen molar-refractivity contribution in [2.45, 2.75) is 6.42 Å². The molecule has 6 heteroatoms. The van der Waals surface area contributed by atoms with Gasteiger partial charge in [-0.05, 0) is 55.0 Å². The second-order valence-corrected chi connectivity index (χ2v) is 6.86. The second kappa shape index (κ2) is 7.81. The predicted octanol–water partition coefficient (Wildman–Crippen LogP) is 4.66. The monoisotopic (exact) mass is 362 g/mol. The van der Waals surface area contributed by atoms with E-state index in [9.17, 15) is 9.18 Å². The van der Waals surface area contributed by atoms with Gasteiger partial charge in [-0.25, -0.2) is 4.39 Å². The molecule has 0 unspecified atom stereocenters. The summed E-state index contributed by atoms with van der Waals surface area (Å²) >= 11 is 7.49. The molecular weight excluding hydrogens is 347 g/mol. The number of hydrogen-bond acceptors (Lipinski definition) is 4. The average molecular weight is 363 g/mol. The number of aliphatic imine (C=N–C) groups is 1. The number of carbonyl (C=O) groups is 1. The van der Waals surface area contributed by atoms with Crippen molar-refractivity contribution in [3.63, 3.8) is 0 Å². The molecule has 0 aromatic heterocycles. The highest BCUT2D eigenvalue weighted by molar-refractivity contribution is 8.14. The quantitative estimate of drug-likeness (QED) is 0.741. The van der Waals surface area contributed by atoms with E-state index in [2.05, 4.69) is 4.99 Å². The summed E-state index contributed by atoms with van der Waals surface area (Å²) in [5, 5.41) is 1.39. The summed E-state index contributed by atoms with van der Waals surface area (Å²) in [6.45, 7) is 0.897.